The number of aliphatic hydroxyl groups excluding tert-OH is 2. The highest BCUT2D eigenvalue weighted by molar-refractivity contribution is 6.36. The molecule has 0 bridgehead atoms. The van der Waals surface area contributed by atoms with E-state index in [4.69, 9.17) is 0 Å². The minimum atomic E-state index is -0.922. The van der Waals surface area contributed by atoms with Gasteiger partial charge < -0.3 is 39.7 Å². The summed E-state index contributed by atoms with van der Waals surface area (Å²) in [7, 11) is 2.18. The van der Waals surface area contributed by atoms with Gasteiger partial charge in [0.1, 0.15) is 0 Å². The second-order valence-corrected chi connectivity index (χ2v) is 11.6. The Morgan fingerprint density at radius 2 is 1.54 bits per heavy atom. The van der Waals surface area contributed by atoms with Gasteiger partial charge in [-0.05, 0) is 56.7 Å². The van der Waals surface area contributed by atoms with Crippen molar-refractivity contribution in [1.82, 2.24) is 24.3 Å². The van der Waals surface area contributed by atoms with Crippen molar-refractivity contribution in [2.24, 2.45) is 0 Å². The molecule has 0 amide bonds. The SMILES string of the molecule is CN1CCC(NCc2ccc3c(c2)c2c4c(O)[nH]cc4c4c5ccccc5n5c4c2n3CC(O)C(O)C5)CC1. The predicted molar refractivity (Wildman–Crippen MR) is 155 cm³/mol. The number of benzene rings is 3. The summed E-state index contributed by atoms with van der Waals surface area (Å²) in [6, 6.07) is 15.3. The van der Waals surface area contributed by atoms with Crippen molar-refractivity contribution in [3.8, 4) is 5.88 Å². The Bertz CT molecular complexity index is 1910. The van der Waals surface area contributed by atoms with Crippen molar-refractivity contribution in [2.45, 2.75) is 50.7 Å². The van der Waals surface area contributed by atoms with Gasteiger partial charge in [-0.3, -0.25) is 0 Å². The molecule has 8 rings (SSSR count). The van der Waals surface area contributed by atoms with Gasteiger partial charge in [-0.1, -0.05) is 24.3 Å². The molecule has 6 aromatic rings. The highest BCUT2D eigenvalue weighted by Crippen LogP contribution is 2.47. The monoisotopic (exact) mass is 523 g/mol. The molecule has 2 unspecified atom stereocenters. The lowest BCUT2D eigenvalue weighted by molar-refractivity contribution is 0.00168. The summed E-state index contributed by atoms with van der Waals surface area (Å²) in [6.07, 6.45) is 2.37. The number of hydrogen-bond acceptors (Lipinski definition) is 5. The number of aromatic amines is 1. The van der Waals surface area contributed by atoms with E-state index in [1.165, 1.54) is 5.56 Å². The average Bonchev–Trinajstić information content (AvgIpc) is 3.58. The average molecular weight is 524 g/mol. The number of para-hydroxylation sites is 1. The van der Waals surface area contributed by atoms with Gasteiger partial charge in [-0.2, -0.15) is 0 Å². The summed E-state index contributed by atoms with van der Waals surface area (Å²) in [5.74, 6) is 0.153. The lowest BCUT2D eigenvalue weighted by Gasteiger charge is -2.29. The molecule has 8 nitrogen and oxygen atoms in total. The summed E-state index contributed by atoms with van der Waals surface area (Å²) in [4.78, 5) is 5.47. The molecule has 0 spiro atoms. The van der Waals surface area contributed by atoms with Gasteiger partial charge >= 0.3 is 0 Å². The first-order valence-corrected chi connectivity index (χ1v) is 14.0. The smallest absolute Gasteiger partial charge is 0.197 e. The quantitative estimate of drug-likeness (QED) is 0.241. The minimum Gasteiger partial charge on any atom is -0.494 e. The van der Waals surface area contributed by atoms with Gasteiger partial charge in [0.2, 0.25) is 0 Å². The second-order valence-electron chi connectivity index (χ2n) is 11.6. The summed E-state index contributed by atoms with van der Waals surface area (Å²) >= 11 is 0. The van der Waals surface area contributed by atoms with E-state index in [1.807, 2.05) is 18.3 Å². The molecule has 3 aromatic heterocycles. The van der Waals surface area contributed by atoms with Crippen molar-refractivity contribution in [3.63, 3.8) is 0 Å². The summed E-state index contributed by atoms with van der Waals surface area (Å²) in [6.45, 7) is 3.60. The molecule has 5 N–H and O–H groups in total. The van der Waals surface area contributed by atoms with E-state index in [0.717, 1.165) is 86.9 Å². The topological polar surface area (TPSA) is 102 Å². The zero-order valence-electron chi connectivity index (χ0n) is 22.0. The van der Waals surface area contributed by atoms with Crippen LogP contribution in [0.4, 0.5) is 0 Å². The van der Waals surface area contributed by atoms with Gasteiger partial charge in [0.25, 0.3) is 0 Å². The van der Waals surface area contributed by atoms with Crippen molar-refractivity contribution in [3.05, 3.63) is 54.2 Å². The van der Waals surface area contributed by atoms with Crippen LogP contribution in [0.25, 0.3) is 54.4 Å². The van der Waals surface area contributed by atoms with Gasteiger partial charge in [-0.25, -0.2) is 0 Å². The van der Waals surface area contributed by atoms with Crippen LogP contribution in [0.3, 0.4) is 0 Å². The Kier molecular flexibility index (Phi) is 5.07. The molecule has 0 radical (unpaired) electrons. The van der Waals surface area contributed by atoms with Gasteiger partial charge in [0, 0.05) is 56.7 Å². The number of rotatable bonds is 3. The Morgan fingerprint density at radius 3 is 2.31 bits per heavy atom. The number of nitrogens with one attached hydrogen (secondary N) is 2. The third-order valence-electron chi connectivity index (χ3n) is 9.20. The molecule has 1 fully saturated rings. The normalized spacial score (nSPS) is 21.2. The zero-order valence-corrected chi connectivity index (χ0v) is 22.0. The summed E-state index contributed by atoms with van der Waals surface area (Å²) < 4.78 is 4.30. The van der Waals surface area contributed by atoms with Crippen LogP contribution in [0.15, 0.2) is 48.7 Å². The molecule has 3 aromatic carbocycles. The van der Waals surface area contributed by atoms with Crippen LogP contribution < -0.4 is 5.32 Å². The van der Waals surface area contributed by atoms with E-state index in [-0.39, 0.29) is 12.4 Å². The van der Waals surface area contributed by atoms with Crippen molar-refractivity contribution in [2.75, 3.05) is 20.1 Å². The molecular formula is C31H33N5O3. The fraction of sp³-hybridized carbons (Fsp3) is 0.355. The molecule has 2 aliphatic rings. The highest BCUT2D eigenvalue weighted by atomic mass is 16.3. The third-order valence-corrected chi connectivity index (χ3v) is 9.20. The predicted octanol–water partition coefficient (Wildman–Crippen LogP) is 4.01. The van der Waals surface area contributed by atoms with Crippen LogP contribution in [-0.4, -0.2) is 72.7 Å². The summed E-state index contributed by atoms with van der Waals surface area (Å²) in [5, 5.41) is 43.0. The Labute approximate surface area is 225 Å². The number of fused-ring (bicyclic) bond motifs is 9. The molecule has 0 aliphatic carbocycles. The van der Waals surface area contributed by atoms with Crippen LogP contribution in [0, 0.1) is 0 Å². The van der Waals surface area contributed by atoms with Crippen molar-refractivity contribution in [1.29, 1.82) is 0 Å². The largest absolute Gasteiger partial charge is 0.494 e. The van der Waals surface area contributed by atoms with Crippen LogP contribution in [0.2, 0.25) is 0 Å². The van der Waals surface area contributed by atoms with E-state index in [2.05, 4.69) is 61.7 Å². The molecule has 8 heteroatoms. The molecule has 39 heavy (non-hydrogen) atoms. The lowest BCUT2D eigenvalue weighted by atomic mass is 10.0. The van der Waals surface area contributed by atoms with Crippen LogP contribution in [0.5, 0.6) is 5.88 Å². The number of nitrogens with zero attached hydrogens (tertiary/aromatic N) is 3. The van der Waals surface area contributed by atoms with Crippen LogP contribution in [0.1, 0.15) is 18.4 Å². The first-order chi connectivity index (χ1) is 19.0. The fourth-order valence-electron chi connectivity index (χ4n) is 7.17. The second kappa shape index (κ2) is 8.47. The van der Waals surface area contributed by atoms with Gasteiger partial charge in [0.15, 0.2) is 5.88 Å². The lowest BCUT2D eigenvalue weighted by Crippen LogP contribution is -2.40. The number of aromatic nitrogens is 3. The summed E-state index contributed by atoms with van der Waals surface area (Å²) in [5.41, 5.74) is 5.22. The molecule has 2 atom stereocenters. The standard InChI is InChI=1S/C31H33N5O3/c1-34-10-8-18(9-11-34)32-13-17-6-7-23-20(12-17)27-28-21(14-33-31(28)39)26-19-4-2-3-5-22(19)35-15-24(37)25(38)16-36(23)30(27)29(26)35/h2-7,12,14,18,24-25,32-33,37-39H,8-11,13,15-16H2,1H3. The molecule has 2 aliphatic heterocycles. The highest BCUT2D eigenvalue weighted by Gasteiger charge is 2.30. The Hall–Kier alpha value is -3.56. The van der Waals surface area contributed by atoms with Gasteiger partial charge in [-0.15, -0.1) is 0 Å². The fourth-order valence-corrected chi connectivity index (χ4v) is 7.17. The number of piperidine rings is 1. The van der Waals surface area contributed by atoms with Crippen LogP contribution >= 0.6 is 0 Å². The van der Waals surface area contributed by atoms with E-state index in [9.17, 15) is 15.3 Å². The number of aromatic hydroxyl groups is 1. The van der Waals surface area contributed by atoms with Gasteiger partial charge in [0.05, 0.1) is 41.7 Å². The Morgan fingerprint density at radius 1 is 0.846 bits per heavy atom. The molecule has 200 valence electrons. The minimum absolute atomic E-state index is 0.153. The van der Waals surface area contributed by atoms with E-state index < -0.39 is 12.2 Å². The number of hydrogen-bond donors (Lipinski definition) is 5. The first kappa shape index (κ1) is 23.3. The maximum atomic E-state index is 11.1. The zero-order chi connectivity index (χ0) is 26.4. The molecule has 5 heterocycles. The third kappa shape index (κ3) is 3.32. The number of aliphatic hydroxyl groups is 2. The maximum Gasteiger partial charge on any atom is 0.197 e. The number of likely N-dealkylation sites (tertiary alicyclic amines) is 1. The van der Waals surface area contributed by atoms with E-state index in [0.29, 0.717) is 12.6 Å². The van der Waals surface area contributed by atoms with Crippen molar-refractivity contribution < 1.29 is 15.3 Å². The molecule has 0 saturated carbocycles. The van der Waals surface area contributed by atoms with Crippen molar-refractivity contribution >= 4 is 54.4 Å². The van der Waals surface area contributed by atoms with E-state index >= 15 is 0 Å². The Balaban J connectivity index is 1.43. The first-order valence-electron chi connectivity index (χ1n) is 14.0. The number of H-pyrrole nitrogens is 1. The molecule has 1 saturated heterocycles. The van der Waals surface area contributed by atoms with E-state index in [1.54, 1.807) is 0 Å². The molecular weight excluding hydrogens is 490 g/mol. The van der Waals surface area contributed by atoms with Crippen LogP contribution in [-0.2, 0) is 19.6 Å². The maximum absolute atomic E-state index is 11.1.